The lowest BCUT2D eigenvalue weighted by Crippen LogP contribution is -2.56. The number of carbonyl (C=O) groups is 2. The van der Waals surface area contributed by atoms with Gasteiger partial charge < -0.3 is 34.6 Å². The molecule has 1 aromatic rings. The molecule has 9 nitrogen and oxygen atoms in total. The van der Waals surface area contributed by atoms with Crippen molar-refractivity contribution in [3.8, 4) is 11.5 Å². The van der Waals surface area contributed by atoms with Crippen LogP contribution in [0, 0.1) is 0 Å². The SMILES string of the molecule is CCCC1(CCC)OC(=O)[C@@]2(C[C@@H](O)[C@@H](O)[C@H](OC(=O)/C=C/c3ccc(O)c(O)c3)C2)O1. The van der Waals surface area contributed by atoms with Crippen LogP contribution in [0.3, 0.4) is 0 Å². The first-order chi connectivity index (χ1) is 15.1. The number of rotatable bonds is 7. The molecule has 1 spiro atoms. The topological polar surface area (TPSA) is 143 Å². The van der Waals surface area contributed by atoms with E-state index in [0.29, 0.717) is 18.4 Å². The fourth-order valence-electron chi connectivity index (χ4n) is 4.37. The molecule has 0 bridgehead atoms. The second kappa shape index (κ2) is 9.48. The van der Waals surface area contributed by atoms with E-state index >= 15 is 0 Å². The first kappa shape index (κ1) is 24.0. The zero-order chi connectivity index (χ0) is 23.5. The molecule has 0 unspecified atom stereocenters. The van der Waals surface area contributed by atoms with Crippen molar-refractivity contribution in [3.05, 3.63) is 29.8 Å². The first-order valence-electron chi connectivity index (χ1n) is 10.8. The van der Waals surface area contributed by atoms with Crippen LogP contribution in [-0.4, -0.2) is 62.1 Å². The van der Waals surface area contributed by atoms with E-state index < -0.39 is 41.6 Å². The van der Waals surface area contributed by atoms with Gasteiger partial charge in [0.15, 0.2) is 17.1 Å². The van der Waals surface area contributed by atoms with Gasteiger partial charge in [0.2, 0.25) is 5.79 Å². The summed E-state index contributed by atoms with van der Waals surface area (Å²) in [5.74, 6) is -3.15. The molecule has 1 saturated heterocycles. The van der Waals surface area contributed by atoms with Gasteiger partial charge in [0.05, 0.1) is 6.10 Å². The van der Waals surface area contributed by atoms with E-state index in [9.17, 15) is 30.0 Å². The highest BCUT2D eigenvalue weighted by Crippen LogP contribution is 2.46. The third kappa shape index (κ3) is 4.90. The van der Waals surface area contributed by atoms with Gasteiger partial charge in [-0.15, -0.1) is 0 Å². The number of phenolic OH excluding ortho intramolecular Hbond substituents is 2. The van der Waals surface area contributed by atoms with Gasteiger partial charge in [-0.05, 0) is 36.6 Å². The molecule has 1 saturated carbocycles. The Hall–Kier alpha value is -2.62. The molecule has 0 amide bonds. The van der Waals surface area contributed by atoms with Crippen LogP contribution in [0.15, 0.2) is 24.3 Å². The molecular formula is C23H30O9. The Morgan fingerprint density at radius 3 is 2.47 bits per heavy atom. The van der Waals surface area contributed by atoms with Gasteiger partial charge in [-0.1, -0.05) is 19.9 Å². The molecule has 2 fully saturated rings. The summed E-state index contributed by atoms with van der Waals surface area (Å²) in [5, 5.41) is 39.7. The lowest BCUT2D eigenvalue weighted by Gasteiger charge is -2.40. The molecule has 4 atom stereocenters. The van der Waals surface area contributed by atoms with Gasteiger partial charge in [-0.25, -0.2) is 9.59 Å². The molecule has 9 heteroatoms. The number of cyclic esters (lactones) is 1. The molecule has 176 valence electrons. The van der Waals surface area contributed by atoms with Crippen molar-refractivity contribution >= 4 is 18.0 Å². The minimum atomic E-state index is -1.50. The normalized spacial score (nSPS) is 29.4. The predicted molar refractivity (Wildman–Crippen MR) is 112 cm³/mol. The molecule has 2 aliphatic rings. The van der Waals surface area contributed by atoms with Gasteiger partial charge in [-0.3, -0.25) is 0 Å². The number of phenols is 2. The zero-order valence-corrected chi connectivity index (χ0v) is 18.2. The van der Waals surface area contributed by atoms with E-state index in [-0.39, 0.29) is 24.3 Å². The van der Waals surface area contributed by atoms with Crippen LogP contribution >= 0.6 is 0 Å². The van der Waals surface area contributed by atoms with Crippen molar-refractivity contribution in [1.29, 1.82) is 0 Å². The van der Waals surface area contributed by atoms with Gasteiger partial charge in [0.25, 0.3) is 0 Å². The van der Waals surface area contributed by atoms with Crippen molar-refractivity contribution in [2.45, 2.75) is 82.1 Å². The van der Waals surface area contributed by atoms with Crippen LogP contribution in [0.25, 0.3) is 6.08 Å². The van der Waals surface area contributed by atoms with E-state index in [0.717, 1.165) is 18.9 Å². The Bertz CT molecular complexity index is 874. The summed E-state index contributed by atoms with van der Waals surface area (Å²) in [6.07, 6.45) is 0.683. The van der Waals surface area contributed by atoms with Crippen LogP contribution in [0.4, 0.5) is 0 Å². The third-order valence-corrected chi connectivity index (χ3v) is 5.82. The Balaban J connectivity index is 1.74. The monoisotopic (exact) mass is 450 g/mol. The molecular weight excluding hydrogens is 420 g/mol. The van der Waals surface area contributed by atoms with Crippen molar-refractivity contribution in [2.24, 2.45) is 0 Å². The highest BCUT2D eigenvalue weighted by Gasteiger charge is 2.62. The molecule has 32 heavy (non-hydrogen) atoms. The van der Waals surface area contributed by atoms with Crippen LogP contribution in [-0.2, 0) is 23.8 Å². The zero-order valence-electron chi connectivity index (χ0n) is 18.2. The second-order valence-electron chi connectivity index (χ2n) is 8.42. The summed E-state index contributed by atoms with van der Waals surface area (Å²) < 4.78 is 17.1. The van der Waals surface area contributed by atoms with Crippen LogP contribution < -0.4 is 0 Å². The van der Waals surface area contributed by atoms with Crippen molar-refractivity contribution in [3.63, 3.8) is 0 Å². The molecule has 3 rings (SSSR count). The van der Waals surface area contributed by atoms with Crippen LogP contribution in [0.5, 0.6) is 11.5 Å². The fraction of sp³-hybridized carbons (Fsp3) is 0.565. The lowest BCUT2D eigenvalue weighted by atomic mass is 9.79. The smallest absolute Gasteiger partial charge is 0.341 e. The van der Waals surface area contributed by atoms with Crippen LogP contribution in [0.2, 0.25) is 0 Å². The maximum absolute atomic E-state index is 12.8. The van der Waals surface area contributed by atoms with E-state index in [2.05, 4.69) is 0 Å². The first-order valence-corrected chi connectivity index (χ1v) is 10.8. The second-order valence-corrected chi connectivity index (χ2v) is 8.42. The molecule has 1 aliphatic carbocycles. The quantitative estimate of drug-likeness (QED) is 0.279. The highest BCUT2D eigenvalue weighted by atomic mass is 16.8. The number of esters is 2. The summed E-state index contributed by atoms with van der Waals surface area (Å²) in [7, 11) is 0. The summed E-state index contributed by atoms with van der Waals surface area (Å²) in [4.78, 5) is 25.2. The number of aliphatic hydroxyl groups is 2. The Labute approximate surface area is 186 Å². The number of ether oxygens (including phenoxy) is 3. The number of hydrogen-bond acceptors (Lipinski definition) is 9. The molecule has 1 heterocycles. The number of aromatic hydroxyl groups is 2. The standard InChI is InChI=1S/C23H30O9/c1-3-9-23(10-4-2)31-21(29)22(32-23)12-17(26)20(28)18(13-22)30-19(27)8-6-14-5-7-15(24)16(25)11-14/h5-8,11,17-18,20,24-26,28H,3-4,9-10,12-13H2,1-2H3/b8-6+/t17-,18-,20-,22+/m1/s1. The van der Waals surface area contributed by atoms with E-state index in [1.54, 1.807) is 0 Å². The molecule has 1 aliphatic heterocycles. The highest BCUT2D eigenvalue weighted by molar-refractivity contribution is 5.87. The molecule has 1 aromatic carbocycles. The number of hydrogen-bond donors (Lipinski definition) is 4. The Kier molecular flexibility index (Phi) is 7.12. The summed E-state index contributed by atoms with van der Waals surface area (Å²) in [6.45, 7) is 3.90. The lowest BCUT2D eigenvalue weighted by molar-refractivity contribution is -0.227. The predicted octanol–water partition coefficient (Wildman–Crippen LogP) is 2.15. The van der Waals surface area contributed by atoms with Gasteiger partial charge >= 0.3 is 11.9 Å². The Morgan fingerprint density at radius 1 is 1.16 bits per heavy atom. The summed E-state index contributed by atoms with van der Waals surface area (Å²) in [5.41, 5.74) is -1.06. The minimum Gasteiger partial charge on any atom is -0.504 e. The minimum absolute atomic E-state index is 0.140. The fourth-order valence-corrected chi connectivity index (χ4v) is 4.37. The number of benzene rings is 1. The average Bonchev–Trinajstić information content (AvgIpc) is 2.97. The summed E-state index contributed by atoms with van der Waals surface area (Å²) >= 11 is 0. The van der Waals surface area contributed by atoms with Gasteiger partial charge in [-0.2, -0.15) is 0 Å². The maximum atomic E-state index is 12.8. The molecule has 0 radical (unpaired) electrons. The average molecular weight is 450 g/mol. The van der Waals surface area contributed by atoms with E-state index in [1.807, 2.05) is 13.8 Å². The number of carbonyl (C=O) groups excluding carboxylic acids is 2. The number of aliphatic hydroxyl groups excluding tert-OH is 2. The van der Waals surface area contributed by atoms with Crippen LogP contribution in [0.1, 0.15) is 57.9 Å². The summed E-state index contributed by atoms with van der Waals surface area (Å²) in [6, 6.07) is 4.01. The van der Waals surface area contributed by atoms with E-state index in [1.165, 1.54) is 24.3 Å². The van der Waals surface area contributed by atoms with Crippen molar-refractivity contribution in [2.75, 3.05) is 0 Å². The maximum Gasteiger partial charge on any atom is 0.341 e. The molecule has 4 N–H and O–H groups in total. The van der Waals surface area contributed by atoms with E-state index in [4.69, 9.17) is 14.2 Å². The van der Waals surface area contributed by atoms with Crippen molar-refractivity contribution in [1.82, 2.24) is 0 Å². The Morgan fingerprint density at radius 2 is 1.84 bits per heavy atom. The molecule has 0 aromatic heterocycles. The van der Waals surface area contributed by atoms with Gasteiger partial charge in [0.1, 0.15) is 12.2 Å². The third-order valence-electron chi connectivity index (χ3n) is 5.82. The van der Waals surface area contributed by atoms with Gasteiger partial charge in [0, 0.05) is 31.8 Å². The largest absolute Gasteiger partial charge is 0.504 e. The van der Waals surface area contributed by atoms with Crippen molar-refractivity contribution < 1.29 is 44.2 Å².